The minimum absolute atomic E-state index is 0.424. The molecule has 0 aliphatic rings. The Labute approximate surface area is 144 Å². The summed E-state index contributed by atoms with van der Waals surface area (Å²) in [6.07, 6.45) is 0. The number of para-hydroxylation sites is 1. The predicted octanol–water partition coefficient (Wildman–Crippen LogP) is 2.33. The molecule has 2 N–H and O–H groups in total. The van der Waals surface area contributed by atoms with Gasteiger partial charge in [-0.2, -0.15) is 0 Å². The van der Waals surface area contributed by atoms with Crippen molar-refractivity contribution >= 4 is 44.6 Å². The second-order valence-corrected chi connectivity index (χ2v) is 7.50. The number of benzene rings is 2. The SMILES string of the molecule is O=C(CS(=O)(=O)CC(=O)Nc1ccc(Cl)cc1)Nc1ccccc1. The van der Waals surface area contributed by atoms with Gasteiger partial charge < -0.3 is 10.6 Å². The molecule has 0 radical (unpaired) electrons. The number of halogens is 1. The maximum Gasteiger partial charge on any atom is 0.239 e. The fourth-order valence-corrected chi connectivity index (χ4v) is 3.07. The van der Waals surface area contributed by atoms with Crippen LogP contribution in [0.3, 0.4) is 0 Å². The molecular formula is C16H15ClN2O4S. The topological polar surface area (TPSA) is 92.3 Å². The lowest BCUT2D eigenvalue weighted by Crippen LogP contribution is -2.30. The van der Waals surface area contributed by atoms with Crippen LogP contribution in [0, 0.1) is 0 Å². The summed E-state index contributed by atoms with van der Waals surface area (Å²) in [5.74, 6) is -2.96. The second kappa shape index (κ2) is 7.94. The maximum atomic E-state index is 11.9. The number of amides is 2. The van der Waals surface area contributed by atoms with Crippen molar-refractivity contribution in [1.82, 2.24) is 0 Å². The largest absolute Gasteiger partial charge is 0.325 e. The molecule has 2 aromatic carbocycles. The van der Waals surface area contributed by atoms with Crippen LogP contribution in [0.1, 0.15) is 0 Å². The van der Waals surface area contributed by atoms with Crippen LogP contribution in [-0.4, -0.2) is 31.7 Å². The zero-order chi connectivity index (χ0) is 17.6. The number of carbonyl (C=O) groups is 2. The third-order valence-electron chi connectivity index (χ3n) is 2.89. The second-order valence-electron chi connectivity index (χ2n) is 5.00. The highest BCUT2D eigenvalue weighted by atomic mass is 35.5. The average molecular weight is 367 g/mol. The van der Waals surface area contributed by atoms with E-state index in [1.54, 1.807) is 54.6 Å². The molecule has 0 fully saturated rings. The molecule has 0 saturated heterocycles. The molecule has 0 aromatic heterocycles. The lowest BCUT2D eigenvalue weighted by atomic mass is 10.3. The van der Waals surface area contributed by atoms with Gasteiger partial charge in [0.25, 0.3) is 0 Å². The van der Waals surface area contributed by atoms with Gasteiger partial charge in [-0.1, -0.05) is 29.8 Å². The van der Waals surface area contributed by atoms with E-state index in [-0.39, 0.29) is 0 Å². The summed E-state index contributed by atoms with van der Waals surface area (Å²) in [6.45, 7) is 0. The van der Waals surface area contributed by atoms with E-state index in [1.807, 2.05) is 0 Å². The Kier molecular flexibility index (Phi) is 5.94. The number of hydrogen-bond donors (Lipinski definition) is 2. The quantitative estimate of drug-likeness (QED) is 0.820. The molecule has 0 aliphatic carbocycles. The molecule has 126 valence electrons. The number of hydrogen-bond acceptors (Lipinski definition) is 4. The number of carbonyl (C=O) groups excluding carboxylic acids is 2. The van der Waals surface area contributed by atoms with E-state index in [9.17, 15) is 18.0 Å². The van der Waals surface area contributed by atoms with E-state index < -0.39 is 33.2 Å². The summed E-state index contributed by atoms with van der Waals surface area (Å²) in [6, 6.07) is 14.7. The molecule has 0 heterocycles. The van der Waals surface area contributed by atoms with Crippen molar-refractivity contribution in [2.75, 3.05) is 22.1 Å². The van der Waals surface area contributed by atoms with Crippen LogP contribution in [0.25, 0.3) is 0 Å². The molecule has 0 aliphatic heterocycles. The first-order valence-corrected chi connectivity index (χ1v) is 9.15. The van der Waals surface area contributed by atoms with Gasteiger partial charge in [-0.15, -0.1) is 0 Å². The summed E-state index contributed by atoms with van der Waals surface area (Å²) >= 11 is 5.73. The molecule has 0 saturated carbocycles. The normalized spacial score (nSPS) is 10.9. The summed E-state index contributed by atoms with van der Waals surface area (Å²) in [7, 11) is -3.88. The Balaban J connectivity index is 1.89. The fourth-order valence-electron chi connectivity index (χ4n) is 1.90. The Hall–Kier alpha value is -2.38. The van der Waals surface area contributed by atoms with Crippen LogP contribution in [0.4, 0.5) is 11.4 Å². The van der Waals surface area contributed by atoms with E-state index >= 15 is 0 Å². The third kappa shape index (κ3) is 6.02. The molecular weight excluding hydrogens is 352 g/mol. The van der Waals surface area contributed by atoms with Crippen molar-refractivity contribution in [2.24, 2.45) is 0 Å². The predicted molar refractivity (Wildman–Crippen MR) is 93.8 cm³/mol. The van der Waals surface area contributed by atoms with E-state index in [0.717, 1.165) is 0 Å². The molecule has 6 nitrogen and oxygen atoms in total. The Morgan fingerprint density at radius 1 is 0.792 bits per heavy atom. The minimum Gasteiger partial charge on any atom is -0.325 e. The molecule has 8 heteroatoms. The Bertz CT molecular complexity index is 821. The van der Waals surface area contributed by atoms with Gasteiger partial charge >= 0.3 is 0 Å². The van der Waals surface area contributed by atoms with Gasteiger partial charge in [0, 0.05) is 16.4 Å². The number of rotatable bonds is 6. The smallest absolute Gasteiger partial charge is 0.239 e. The molecule has 0 spiro atoms. The molecule has 2 rings (SSSR count). The highest BCUT2D eigenvalue weighted by Crippen LogP contribution is 2.13. The van der Waals surface area contributed by atoms with Crippen molar-refractivity contribution < 1.29 is 18.0 Å². The lowest BCUT2D eigenvalue weighted by Gasteiger charge is -2.07. The first-order valence-electron chi connectivity index (χ1n) is 6.95. The lowest BCUT2D eigenvalue weighted by molar-refractivity contribution is -0.114. The van der Waals surface area contributed by atoms with Gasteiger partial charge in [0.2, 0.25) is 11.8 Å². The molecule has 0 unspecified atom stereocenters. The van der Waals surface area contributed by atoms with Crippen LogP contribution >= 0.6 is 11.6 Å². The van der Waals surface area contributed by atoms with Crippen molar-refractivity contribution in [2.45, 2.75) is 0 Å². The van der Waals surface area contributed by atoms with Gasteiger partial charge in [-0.05, 0) is 36.4 Å². The van der Waals surface area contributed by atoms with Gasteiger partial charge in [0.05, 0.1) is 0 Å². The minimum atomic E-state index is -3.88. The van der Waals surface area contributed by atoms with E-state index in [4.69, 9.17) is 11.6 Å². The number of sulfone groups is 1. The molecule has 2 amide bonds. The van der Waals surface area contributed by atoms with Crippen LogP contribution < -0.4 is 10.6 Å². The molecule has 0 atom stereocenters. The highest BCUT2D eigenvalue weighted by Gasteiger charge is 2.21. The van der Waals surface area contributed by atoms with Gasteiger partial charge in [0.1, 0.15) is 11.5 Å². The number of nitrogens with one attached hydrogen (secondary N) is 2. The molecule has 24 heavy (non-hydrogen) atoms. The van der Waals surface area contributed by atoms with E-state index in [1.165, 1.54) is 0 Å². The third-order valence-corrected chi connectivity index (χ3v) is 4.54. The van der Waals surface area contributed by atoms with Gasteiger partial charge in [-0.25, -0.2) is 8.42 Å². The van der Waals surface area contributed by atoms with Gasteiger partial charge in [0.15, 0.2) is 9.84 Å². The monoisotopic (exact) mass is 366 g/mol. The maximum absolute atomic E-state index is 11.9. The highest BCUT2D eigenvalue weighted by molar-refractivity contribution is 7.92. The van der Waals surface area contributed by atoms with Crippen LogP contribution in [0.2, 0.25) is 5.02 Å². The first kappa shape index (κ1) is 18.0. The van der Waals surface area contributed by atoms with Crippen LogP contribution in [0.5, 0.6) is 0 Å². The summed E-state index contributed by atoms with van der Waals surface area (Å²) in [4.78, 5) is 23.6. The van der Waals surface area contributed by atoms with Crippen molar-refractivity contribution in [3.8, 4) is 0 Å². The summed E-state index contributed by atoms with van der Waals surface area (Å²) in [5, 5.41) is 5.40. The Morgan fingerprint density at radius 2 is 1.25 bits per heavy atom. The molecule has 2 aromatic rings. The van der Waals surface area contributed by atoms with Crippen molar-refractivity contribution in [3.63, 3.8) is 0 Å². The fraction of sp³-hybridized carbons (Fsp3) is 0.125. The van der Waals surface area contributed by atoms with Crippen LogP contribution in [0.15, 0.2) is 54.6 Å². The first-order chi connectivity index (χ1) is 11.3. The Morgan fingerprint density at radius 3 is 1.75 bits per heavy atom. The van der Waals surface area contributed by atoms with E-state index in [2.05, 4.69) is 10.6 Å². The van der Waals surface area contributed by atoms with Crippen molar-refractivity contribution in [3.05, 3.63) is 59.6 Å². The average Bonchev–Trinajstić information content (AvgIpc) is 2.49. The van der Waals surface area contributed by atoms with Crippen molar-refractivity contribution in [1.29, 1.82) is 0 Å². The number of anilines is 2. The van der Waals surface area contributed by atoms with Crippen LogP contribution in [-0.2, 0) is 19.4 Å². The summed E-state index contributed by atoms with van der Waals surface area (Å²) in [5.41, 5.74) is 0.914. The standard InChI is InChI=1S/C16H15ClN2O4S/c17-12-6-8-14(9-7-12)19-16(21)11-24(22,23)10-15(20)18-13-4-2-1-3-5-13/h1-9H,10-11H2,(H,18,20)(H,19,21). The summed E-state index contributed by atoms with van der Waals surface area (Å²) < 4.78 is 23.9. The van der Waals surface area contributed by atoms with E-state index in [0.29, 0.717) is 16.4 Å². The zero-order valence-electron chi connectivity index (χ0n) is 12.5. The molecule has 0 bridgehead atoms. The van der Waals surface area contributed by atoms with Gasteiger partial charge in [-0.3, -0.25) is 9.59 Å². The zero-order valence-corrected chi connectivity index (χ0v) is 14.1.